The second kappa shape index (κ2) is 11.4. The first-order chi connectivity index (χ1) is 17.1. The molecule has 0 N–H and O–H groups in total. The number of allylic oxidation sites excluding steroid dienone is 1. The fourth-order valence-electron chi connectivity index (χ4n) is 9.69. The maximum atomic E-state index is 6.49. The predicted octanol–water partition coefficient (Wildman–Crippen LogP) is 9.01. The van der Waals surface area contributed by atoms with Gasteiger partial charge < -0.3 is 14.2 Å². The van der Waals surface area contributed by atoms with Crippen LogP contribution in [0.2, 0.25) is 0 Å². The average molecular weight is 503 g/mol. The minimum Gasteiger partial charge on any atom is -0.333 e. The molecule has 0 spiro atoms. The van der Waals surface area contributed by atoms with Gasteiger partial charge in [-0.2, -0.15) is 0 Å². The van der Waals surface area contributed by atoms with Crippen molar-refractivity contribution >= 4 is 0 Å². The summed E-state index contributed by atoms with van der Waals surface area (Å²) in [5.74, 6) is 5.40. The fraction of sp³-hybridized carbons (Fsp3) is 0.939. The molecule has 0 aromatic rings. The van der Waals surface area contributed by atoms with Crippen molar-refractivity contribution in [3.05, 3.63) is 12.2 Å². The Hall–Kier alpha value is -0.380. The molecule has 4 aliphatic rings. The lowest BCUT2D eigenvalue weighted by Gasteiger charge is -2.61. The Kier molecular flexibility index (Phi) is 9.05. The van der Waals surface area contributed by atoms with E-state index < -0.39 is 6.48 Å². The SMILES string of the molecule is C=C(CC)C1CCC2C3CCC4CC(OC(OC)OC(C)C(C)C(C)CC)CCC4(C)C3CCC12C. The molecule has 4 aliphatic carbocycles. The van der Waals surface area contributed by atoms with Gasteiger partial charge in [0.25, 0.3) is 6.48 Å². The van der Waals surface area contributed by atoms with Gasteiger partial charge >= 0.3 is 0 Å². The maximum absolute atomic E-state index is 6.49. The van der Waals surface area contributed by atoms with Crippen LogP contribution in [0.5, 0.6) is 0 Å². The van der Waals surface area contributed by atoms with Crippen molar-refractivity contribution in [1.29, 1.82) is 0 Å². The zero-order valence-corrected chi connectivity index (χ0v) is 25.0. The van der Waals surface area contributed by atoms with E-state index in [2.05, 4.69) is 55.0 Å². The molecule has 12 unspecified atom stereocenters. The molecule has 208 valence electrons. The average Bonchev–Trinajstić information content (AvgIpc) is 3.24. The van der Waals surface area contributed by atoms with Crippen LogP contribution in [0.4, 0.5) is 0 Å². The quantitative estimate of drug-likeness (QED) is 0.220. The first-order valence-electron chi connectivity index (χ1n) is 15.6. The molecule has 0 amide bonds. The van der Waals surface area contributed by atoms with Crippen molar-refractivity contribution in [2.24, 2.45) is 52.3 Å². The van der Waals surface area contributed by atoms with Gasteiger partial charge in [-0.1, -0.05) is 60.1 Å². The lowest BCUT2D eigenvalue weighted by atomic mass is 9.44. The predicted molar refractivity (Wildman–Crippen MR) is 149 cm³/mol. The highest BCUT2D eigenvalue weighted by Crippen LogP contribution is 2.68. The van der Waals surface area contributed by atoms with Gasteiger partial charge in [0, 0.05) is 7.11 Å². The van der Waals surface area contributed by atoms with Crippen LogP contribution in [-0.4, -0.2) is 25.8 Å². The summed E-state index contributed by atoms with van der Waals surface area (Å²) in [6.45, 7) is 20.6. The number of rotatable bonds is 10. The number of hydrogen-bond donors (Lipinski definition) is 0. The van der Waals surface area contributed by atoms with E-state index >= 15 is 0 Å². The molecule has 0 radical (unpaired) electrons. The van der Waals surface area contributed by atoms with Gasteiger partial charge in [0.2, 0.25) is 0 Å². The largest absolute Gasteiger partial charge is 0.333 e. The first-order valence-corrected chi connectivity index (χ1v) is 15.6. The Morgan fingerprint density at radius 1 is 0.917 bits per heavy atom. The van der Waals surface area contributed by atoms with Crippen LogP contribution in [0.3, 0.4) is 0 Å². The summed E-state index contributed by atoms with van der Waals surface area (Å²) in [6, 6.07) is 0. The van der Waals surface area contributed by atoms with Crippen molar-refractivity contribution in [2.75, 3.05) is 7.11 Å². The second-order valence-corrected chi connectivity index (χ2v) is 14.0. The third-order valence-electron chi connectivity index (χ3n) is 12.7. The fourth-order valence-corrected chi connectivity index (χ4v) is 9.69. The van der Waals surface area contributed by atoms with Crippen LogP contribution in [0, 0.1) is 52.3 Å². The molecule has 36 heavy (non-hydrogen) atoms. The highest BCUT2D eigenvalue weighted by Gasteiger charge is 2.60. The Balaban J connectivity index is 1.38. The molecular formula is C33H58O3. The molecule has 3 nitrogen and oxygen atoms in total. The highest BCUT2D eigenvalue weighted by atomic mass is 16.8. The van der Waals surface area contributed by atoms with Gasteiger partial charge in [-0.05, 0) is 123 Å². The number of methoxy groups -OCH3 is 1. The number of ether oxygens (including phenoxy) is 3. The second-order valence-electron chi connectivity index (χ2n) is 14.0. The topological polar surface area (TPSA) is 27.7 Å². The van der Waals surface area contributed by atoms with Crippen molar-refractivity contribution in [1.82, 2.24) is 0 Å². The molecule has 4 saturated carbocycles. The van der Waals surface area contributed by atoms with Gasteiger partial charge in [0.05, 0.1) is 12.2 Å². The van der Waals surface area contributed by atoms with E-state index in [1.807, 2.05) is 0 Å². The molecular weight excluding hydrogens is 444 g/mol. The van der Waals surface area contributed by atoms with Crippen LogP contribution >= 0.6 is 0 Å². The standard InChI is InChI=1S/C33H58O3/c1-10-21(3)23(5)24(6)35-31(34-9)36-26-16-18-32(7)25(20-26)12-13-27-29-15-14-28(22(4)11-2)33(29,8)19-17-30(27)32/h21,23-31H,4,10-20H2,1-3,5-9H3. The van der Waals surface area contributed by atoms with E-state index in [4.69, 9.17) is 14.2 Å². The zero-order chi connectivity index (χ0) is 26.3. The Labute approximate surface area is 223 Å². The van der Waals surface area contributed by atoms with E-state index in [1.54, 1.807) is 7.11 Å². The van der Waals surface area contributed by atoms with Crippen molar-refractivity contribution in [3.8, 4) is 0 Å². The van der Waals surface area contributed by atoms with Crippen molar-refractivity contribution < 1.29 is 14.2 Å². The van der Waals surface area contributed by atoms with Gasteiger partial charge in [-0.25, -0.2) is 0 Å². The summed E-state index contributed by atoms with van der Waals surface area (Å²) in [7, 11) is 1.73. The maximum Gasteiger partial charge on any atom is 0.271 e. The van der Waals surface area contributed by atoms with Gasteiger partial charge in [-0.3, -0.25) is 0 Å². The summed E-state index contributed by atoms with van der Waals surface area (Å²) in [5.41, 5.74) is 2.51. The molecule has 12 atom stereocenters. The molecule has 4 rings (SSSR count). The highest BCUT2D eigenvalue weighted by molar-refractivity contribution is 5.16. The summed E-state index contributed by atoms with van der Waals surface area (Å²) in [6.07, 6.45) is 14.8. The van der Waals surface area contributed by atoms with Crippen LogP contribution in [0.25, 0.3) is 0 Å². The lowest BCUT2D eigenvalue weighted by molar-refractivity contribution is -0.321. The normalized spacial score (nSPS) is 43.6. The molecule has 0 heterocycles. The molecule has 0 aromatic carbocycles. The summed E-state index contributed by atoms with van der Waals surface area (Å²) in [4.78, 5) is 0. The molecule has 0 bridgehead atoms. The molecule has 0 aliphatic heterocycles. The Bertz CT molecular complexity index is 749. The third-order valence-corrected chi connectivity index (χ3v) is 12.7. The van der Waals surface area contributed by atoms with E-state index in [9.17, 15) is 0 Å². The minimum atomic E-state index is -0.547. The third kappa shape index (κ3) is 5.12. The number of fused-ring (bicyclic) bond motifs is 5. The van der Waals surface area contributed by atoms with E-state index in [1.165, 1.54) is 63.4 Å². The van der Waals surface area contributed by atoms with Gasteiger partial charge in [0.1, 0.15) is 0 Å². The van der Waals surface area contributed by atoms with E-state index in [-0.39, 0.29) is 12.2 Å². The first kappa shape index (κ1) is 28.6. The number of hydrogen-bond acceptors (Lipinski definition) is 3. The van der Waals surface area contributed by atoms with Crippen molar-refractivity contribution in [2.45, 2.75) is 138 Å². The molecule has 0 saturated heterocycles. The summed E-state index contributed by atoms with van der Waals surface area (Å²) < 4.78 is 18.4. The van der Waals surface area contributed by atoms with Crippen molar-refractivity contribution in [3.63, 3.8) is 0 Å². The summed E-state index contributed by atoms with van der Waals surface area (Å²) >= 11 is 0. The van der Waals surface area contributed by atoms with Gasteiger partial charge in [0.15, 0.2) is 0 Å². The zero-order valence-electron chi connectivity index (χ0n) is 25.0. The smallest absolute Gasteiger partial charge is 0.271 e. The lowest BCUT2D eigenvalue weighted by Crippen LogP contribution is -2.54. The van der Waals surface area contributed by atoms with E-state index in [0.29, 0.717) is 22.7 Å². The Morgan fingerprint density at radius 3 is 2.28 bits per heavy atom. The van der Waals surface area contributed by atoms with Gasteiger partial charge in [-0.15, -0.1) is 0 Å². The molecule has 4 fully saturated rings. The monoisotopic (exact) mass is 502 g/mol. The van der Waals surface area contributed by atoms with Crippen LogP contribution < -0.4 is 0 Å². The van der Waals surface area contributed by atoms with Crippen LogP contribution in [0.15, 0.2) is 12.2 Å². The Morgan fingerprint density at radius 2 is 1.61 bits per heavy atom. The van der Waals surface area contributed by atoms with E-state index in [0.717, 1.165) is 42.4 Å². The minimum absolute atomic E-state index is 0.129. The molecule has 0 aromatic heterocycles. The molecule has 3 heteroatoms. The van der Waals surface area contributed by atoms with Crippen LogP contribution in [-0.2, 0) is 14.2 Å². The van der Waals surface area contributed by atoms with Crippen LogP contribution in [0.1, 0.15) is 119 Å². The summed E-state index contributed by atoms with van der Waals surface area (Å²) in [5, 5.41) is 0.